The molecule has 1 aromatic carbocycles. The van der Waals surface area contributed by atoms with Crippen molar-refractivity contribution in [1.82, 2.24) is 4.90 Å². The monoisotopic (exact) mass is 372 g/mol. The molecule has 0 bridgehead atoms. The van der Waals surface area contributed by atoms with Gasteiger partial charge in [-0.1, -0.05) is 22.9 Å². The van der Waals surface area contributed by atoms with Gasteiger partial charge >= 0.3 is 12.0 Å². The zero-order chi connectivity index (χ0) is 16.9. The molecule has 2 amide bonds. The molecule has 0 radical (unpaired) electrons. The fourth-order valence-corrected chi connectivity index (χ4v) is 2.24. The highest BCUT2D eigenvalue weighted by Crippen LogP contribution is 2.25. The molecule has 7 heteroatoms. The van der Waals surface area contributed by atoms with Crippen LogP contribution in [-0.2, 0) is 4.79 Å². The molecular formula is C15H21BrN2O4. The topological polar surface area (TPSA) is 78.9 Å². The van der Waals surface area contributed by atoms with E-state index in [9.17, 15) is 9.59 Å². The largest absolute Gasteiger partial charge is 0.491 e. The van der Waals surface area contributed by atoms with Gasteiger partial charge in [-0.05, 0) is 26.0 Å². The summed E-state index contributed by atoms with van der Waals surface area (Å²) in [5, 5.41) is 11.6. The van der Waals surface area contributed by atoms with Crippen molar-refractivity contribution in [3.8, 4) is 5.75 Å². The van der Waals surface area contributed by atoms with Crippen molar-refractivity contribution in [1.29, 1.82) is 0 Å². The van der Waals surface area contributed by atoms with Crippen molar-refractivity contribution in [2.75, 3.05) is 18.9 Å². The number of halogens is 1. The van der Waals surface area contributed by atoms with Crippen molar-refractivity contribution in [2.45, 2.75) is 26.9 Å². The van der Waals surface area contributed by atoms with Crippen molar-refractivity contribution in [2.24, 2.45) is 5.92 Å². The quantitative estimate of drug-likeness (QED) is 0.801. The molecule has 22 heavy (non-hydrogen) atoms. The van der Waals surface area contributed by atoms with Crippen LogP contribution in [0.1, 0.15) is 20.8 Å². The van der Waals surface area contributed by atoms with Crippen LogP contribution in [0.3, 0.4) is 0 Å². The molecule has 122 valence electrons. The molecule has 0 heterocycles. The maximum Gasteiger partial charge on any atom is 0.321 e. The highest BCUT2D eigenvalue weighted by atomic mass is 79.9. The molecule has 0 aliphatic heterocycles. The Morgan fingerprint density at radius 2 is 1.95 bits per heavy atom. The molecular weight excluding hydrogens is 352 g/mol. The average Bonchev–Trinajstić information content (AvgIpc) is 2.36. The van der Waals surface area contributed by atoms with Crippen LogP contribution in [0.2, 0.25) is 0 Å². The van der Waals surface area contributed by atoms with E-state index in [4.69, 9.17) is 9.84 Å². The number of urea groups is 1. The van der Waals surface area contributed by atoms with E-state index < -0.39 is 11.9 Å². The first-order valence-electron chi connectivity index (χ1n) is 6.91. The summed E-state index contributed by atoms with van der Waals surface area (Å²) in [6.07, 6.45) is 0.0249. The van der Waals surface area contributed by atoms with Crippen LogP contribution in [0.15, 0.2) is 22.7 Å². The fraction of sp³-hybridized carbons (Fsp3) is 0.467. The van der Waals surface area contributed by atoms with E-state index in [1.54, 1.807) is 26.1 Å². The molecule has 0 fully saturated rings. The summed E-state index contributed by atoms with van der Waals surface area (Å²) >= 11 is 3.37. The molecule has 1 aromatic rings. The average molecular weight is 373 g/mol. The van der Waals surface area contributed by atoms with Crippen LogP contribution >= 0.6 is 15.9 Å². The number of aliphatic carboxylic acids is 1. The Morgan fingerprint density at radius 1 is 1.32 bits per heavy atom. The molecule has 0 aromatic heterocycles. The highest BCUT2D eigenvalue weighted by Gasteiger charge is 2.17. The van der Waals surface area contributed by atoms with Crippen LogP contribution in [0.5, 0.6) is 5.75 Å². The molecule has 0 aliphatic rings. The zero-order valence-corrected chi connectivity index (χ0v) is 14.7. The molecule has 1 rings (SSSR count). The molecule has 1 unspecified atom stereocenters. The summed E-state index contributed by atoms with van der Waals surface area (Å²) in [6.45, 7) is 5.52. The number of nitrogens with one attached hydrogen (secondary N) is 1. The van der Waals surface area contributed by atoms with E-state index in [-0.39, 0.29) is 18.7 Å². The van der Waals surface area contributed by atoms with Crippen LogP contribution in [0, 0.1) is 5.92 Å². The summed E-state index contributed by atoms with van der Waals surface area (Å²) in [5.41, 5.74) is 0.574. The Bertz CT molecular complexity index is 548. The number of hydrogen-bond donors (Lipinski definition) is 2. The Labute approximate surface area is 138 Å². The molecule has 0 saturated carbocycles. The van der Waals surface area contributed by atoms with Gasteiger partial charge < -0.3 is 20.1 Å². The number of carbonyl (C=O) groups is 2. The Morgan fingerprint density at radius 3 is 2.50 bits per heavy atom. The van der Waals surface area contributed by atoms with Gasteiger partial charge in [0.25, 0.3) is 0 Å². The second-order valence-electron chi connectivity index (χ2n) is 5.39. The van der Waals surface area contributed by atoms with E-state index in [0.29, 0.717) is 11.4 Å². The van der Waals surface area contributed by atoms with Gasteiger partial charge in [-0.15, -0.1) is 0 Å². The number of anilines is 1. The summed E-state index contributed by atoms with van der Waals surface area (Å²) in [4.78, 5) is 24.2. The Kier molecular flexibility index (Phi) is 6.67. The Hall–Kier alpha value is -1.76. The van der Waals surface area contributed by atoms with Crippen molar-refractivity contribution >= 4 is 33.6 Å². The number of carboxylic acids is 1. The summed E-state index contributed by atoms with van der Waals surface area (Å²) in [7, 11) is 1.55. The van der Waals surface area contributed by atoms with Gasteiger partial charge in [0.15, 0.2) is 0 Å². The SMILES string of the molecule is CC(C)Oc1cc(Br)cc(NC(=O)N(C)CC(C)C(=O)O)c1. The second kappa shape index (κ2) is 8.03. The summed E-state index contributed by atoms with van der Waals surface area (Å²) in [5.74, 6) is -0.922. The van der Waals surface area contributed by atoms with Crippen LogP contribution in [0.25, 0.3) is 0 Å². The lowest BCUT2D eigenvalue weighted by Crippen LogP contribution is -2.36. The number of benzene rings is 1. The summed E-state index contributed by atoms with van der Waals surface area (Å²) in [6, 6.07) is 4.91. The number of ether oxygens (including phenoxy) is 1. The number of rotatable bonds is 6. The van der Waals surface area contributed by atoms with E-state index in [1.807, 2.05) is 19.9 Å². The van der Waals surface area contributed by atoms with Crippen LogP contribution < -0.4 is 10.1 Å². The molecule has 1 atom stereocenters. The number of hydrogen-bond acceptors (Lipinski definition) is 3. The minimum Gasteiger partial charge on any atom is -0.491 e. The van der Waals surface area contributed by atoms with E-state index in [1.165, 1.54) is 4.90 Å². The van der Waals surface area contributed by atoms with Gasteiger partial charge in [-0.2, -0.15) is 0 Å². The molecule has 2 N–H and O–H groups in total. The van der Waals surface area contributed by atoms with Gasteiger partial charge in [0, 0.05) is 29.8 Å². The van der Waals surface area contributed by atoms with E-state index in [0.717, 1.165) is 4.47 Å². The van der Waals surface area contributed by atoms with E-state index >= 15 is 0 Å². The molecule has 0 spiro atoms. The standard InChI is InChI=1S/C15H21BrN2O4/c1-9(2)22-13-6-11(16)5-12(7-13)17-15(21)18(4)8-10(3)14(19)20/h5-7,9-10H,8H2,1-4H3,(H,17,21)(H,19,20). The molecule has 0 aliphatic carbocycles. The normalized spacial score (nSPS) is 11.9. The zero-order valence-electron chi connectivity index (χ0n) is 13.1. The first-order chi connectivity index (χ1) is 10.2. The minimum atomic E-state index is -0.935. The van der Waals surface area contributed by atoms with Crippen molar-refractivity contribution in [3.63, 3.8) is 0 Å². The van der Waals surface area contributed by atoms with Gasteiger partial charge in [0.05, 0.1) is 12.0 Å². The number of amides is 2. The predicted molar refractivity (Wildman–Crippen MR) is 88.4 cm³/mol. The third-order valence-corrected chi connectivity index (χ3v) is 3.27. The minimum absolute atomic E-state index is 0.0249. The first-order valence-corrected chi connectivity index (χ1v) is 7.70. The molecule has 0 saturated heterocycles. The van der Waals surface area contributed by atoms with Gasteiger partial charge in [-0.3, -0.25) is 4.79 Å². The van der Waals surface area contributed by atoms with Crippen molar-refractivity contribution < 1.29 is 19.4 Å². The third kappa shape index (κ3) is 5.93. The maximum absolute atomic E-state index is 12.1. The number of nitrogens with zero attached hydrogens (tertiary/aromatic N) is 1. The lowest BCUT2D eigenvalue weighted by atomic mass is 10.2. The maximum atomic E-state index is 12.1. The van der Waals surface area contributed by atoms with Crippen LogP contribution in [-0.4, -0.2) is 41.7 Å². The Balaban J connectivity index is 2.75. The first kappa shape index (κ1) is 18.3. The second-order valence-corrected chi connectivity index (χ2v) is 6.31. The van der Waals surface area contributed by atoms with Gasteiger partial charge in [0.1, 0.15) is 5.75 Å². The summed E-state index contributed by atoms with van der Waals surface area (Å²) < 4.78 is 6.38. The van der Waals surface area contributed by atoms with Gasteiger partial charge in [0.2, 0.25) is 0 Å². The fourth-order valence-electron chi connectivity index (χ4n) is 1.77. The molecule has 6 nitrogen and oxygen atoms in total. The highest BCUT2D eigenvalue weighted by molar-refractivity contribution is 9.10. The predicted octanol–water partition coefficient (Wildman–Crippen LogP) is 3.42. The van der Waals surface area contributed by atoms with Gasteiger partial charge in [-0.25, -0.2) is 4.79 Å². The third-order valence-electron chi connectivity index (χ3n) is 2.81. The number of carboxylic acid groups (broad SMARTS) is 1. The lowest BCUT2D eigenvalue weighted by molar-refractivity contribution is -0.141. The smallest absolute Gasteiger partial charge is 0.321 e. The van der Waals surface area contributed by atoms with E-state index in [2.05, 4.69) is 21.2 Å². The van der Waals surface area contributed by atoms with Crippen LogP contribution in [0.4, 0.5) is 10.5 Å². The van der Waals surface area contributed by atoms with Crippen molar-refractivity contribution in [3.05, 3.63) is 22.7 Å². The lowest BCUT2D eigenvalue weighted by Gasteiger charge is -2.20. The number of carbonyl (C=O) groups excluding carboxylic acids is 1.